The molecular weight excluding hydrogens is 267 g/mol. The van der Waals surface area contributed by atoms with E-state index in [1.54, 1.807) is 0 Å². The van der Waals surface area contributed by atoms with Gasteiger partial charge in [0.15, 0.2) is 0 Å². The van der Waals surface area contributed by atoms with Crippen molar-refractivity contribution in [3.05, 3.63) is 34.1 Å². The second kappa shape index (κ2) is 6.42. The van der Waals surface area contributed by atoms with Gasteiger partial charge in [0.2, 0.25) is 11.7 Å². The maximum atomic E-state index is 13.1. The lowest BCUT2D eigenvalue weighted by Gasteiger charge is -2.09. The third-order valence-electron chi connectivity index (χ3n) is 3.14. The van der Waals surface area contributed by atoms with E-state index in [0.717, 1.165) is 31.6 Å². The second-order valence-electron chi connectivity index (χ2n) is 4.65. The molecule has 1 amide bonds. The number of halogens is 1. The molecule has 2 rings (SSSR count). The minimum Gasteiger partial charge on any atom is -0.378 e. The van der Waals surface area contributed by atoms with E-state index in [2.05, 4.69) is 5.32 Å². The number of carbonyl (C=O) groups excluding carboxylic acids is 1. The Bertz CT molecular complexity index is 515. The van der Waals surface area contributed by atoms with Crippen LogP contribution in [-0.4, -0.2) is 23.5 Å². The fourth-order valence-corrected chi connectivity index (χ4v) is 2.12. The van der Waals surface area contributed by atoms with Crippen molar-refractivity contribution in [2.45, 2.75) is 31.8 Å². The van der Waals surface area contributed by atoms with Crippen LogP contribution in [0.25, 0.3) is 0 Å². The number of anilines is 1. The molecule has 108 valence electrons. The van der Waals surface area contributed by atoms with Crippen LogP contribution in [0.5, 0.6) is 0 Å². The van der Waals surface area contributed by atoms with Crippen LogP contribution in [0.1, 0.15) is 25.7 Å². The lowest BCUT2D eigenvalue weighted by atomic mass is 10.1. The van der Waals surface area contributed by atoms with Gasteiger partial charge in [-0.1, -0.05) is 0 Å². The van der Waals surface area contributed by atoms with Gasteiger partial charge in [-0.3, -0.25) is 14.9 Å². The van der Waals surface area contributed by atoms with Gasteiger partial charge in [-0.05, 0) is 31.4 Å². The summed E-state index contributed by atoms with van der Waals surface area (Å²) >= 11 is 0. The summed E-state index contributed by atoms with van der Waals surface area (Å²) in [5.41, 5.74) is -0.433. The molecule has 0 aromatic heterocycles. The molecule has 0 unspecified atom stereocenters. The Hall–Kier alpha value is -2.02. The molecule has 0 spiro atoms. The molecule has 7 heteroatoms. The average Bonchev–Trinajstić information content (AvgIpc) is 2.91. The number of hydrogen-bond donors (Lipinski definition) is 1. The number of benzene rings is 1. The Labute approximate surface area is 115 Å². The van der Waals surface area contributed by atoms with Crippen LogP contribution < -0.4 is 5.32 Å². The predicted molar refractivity (Wildman–Crippen MR) is 69.9 cm³/mol. The first-order valence-electron chi connectivity index (χ1n) is 6.41. The standard InChI is InChI=1S/C13H15FN2O4/c14-11-5-3-9(8-12(11)16(18)19)15-13(17)6-4-10-2-1-7-20-10/h3,5,8,10H,1-2,4,6-7H2,(H,15,17)/t10-/m1/s1. The minimum atomic E-state index is -0.924. The van der Waals surface area contributed by atoms with Crippen LogP contribution in [0.15, 0.2) is 18.2 Å². The normalized spacial score (nSPS) is 17.9. The van der Waals surface area contributed by atoms with E-state index in [9.17, 15) is 19.3 Å². The number of ether oxygens (including phenoxy) is 1. The number of carbonyl (C=O) groups is 1. The first-order valence-corrected chi connectivity index (χ1v) is 6.41. The van der Waals surface area contributed by atoms with Crippen molar-refractivity contribution in [3.8, 4) is 0 Å². The molecule has 0 radical (unpaired) electrons. The zero-order valence-corrected chi connectivity index (χ0v) is 10.8. The number of nitro benzene ring substituents is 1. The van der Waals surface area contributed by atoms with Crippen LogP contribution in [0.3, 0.4) is 0 Å². The van der Waals surface area contributed by atoms with Crippen molar-refractivity contribution >= 4 is 17.3 Å². The molecule has 1 aliphatic rings. The summed E-state index contributed by atoms with van der Waals surface area (Å²) in [5, 5.41) is 13.1. The Balaban J connectivity index is 1.90. The Kier molecular flexibility index (Phi) is 4.62. The molecule has 0 saturated carbocycles. The van der Waals surface area contributed by atoms with Crippen molar-refractivity contribution in [3.63, 3.8) is 0 Å². The van der Waals surface area contributed by atoms with Crippen LogP contribution in [0.4, 0.5) is 15.8 Å². The van der Waals surface area contributed by atoms with E-state index in [-0.39, 0.29) is 24.1 Å². The van der Waals surface area contributed by atoms with E-state index in [0.29, 0.717) is 6.42 Å². The summed E-state index contributed by atoms with van der Waals surface area (Å²) < 4.78 is 18.5. The molecule has 1 aromatic rings. The minimum absolute atomic E-state index is 0.114. The topological polar surface area (TPSA) is 81.5 Å². The first-order chi connectivity index (χ1) is 9.56. The second-order valence-corrected chi connectivity index (χ2v) is 4.65. The third-order valence-corrected chi connectivity index (χ3v) is 3.14. The summed E-state index contributed by atoms with van der Waals surface area (Å²) in [7, 11) is 0. The van der Waals surface area contributed by atoms with E-state index in [1.807, 2.05) is 0 Å². The van der Waals surface area contributed by atoms with Gasteiger partial charge in [0.25, 0.3) is 0 Å². The van der Waals surface area contributed by atoms with Gasteiger partial charge < -0.3 is 10.1 Å². The predicted octanol–water partition coefficient (Wildman–Crippen LogP) is 2.63. The smallest absolute Gasteiger partial charge is 0.306 e. The van der Waals surface area contributed by atoms with Gasteiger partial charge in [0, 0.05) is 24.8 Å². The fourth-order valence-electron chi connectivity index (χ4n) is 2.12. The van der Waals surface area contributed by atoms with E-state index >= 15 is 0 Å². The molecule has 1 atom stereocenters. The average molecular weight is 282 g/mol. The van der Waals surface area contributed by atoms with Crippen molar-refractivity contribution < 1.29 is 18.8 Å². The summed E-state index contributed by atoms with van der Waals surface area (Å²) in [6.07, 6.45) is 2.97. The molecule has 0 bridgehead atoms. The largest absolute Gasteiger partial charge is 0.378 e. The molecule has 6 nitrogen and oxygen atoms in total. The molecule has 1 aliphatic heterocycles. The van der Waals surface area contributed by atoms with Crippen molar-refractivity contribution in [1.82, 2.24) is 0 Å². The van der Waals surface area contributed by atoms with Gasteiger partial charge in [-0.2, -0.15) is 4.39 Å². The van der Waals surface area contributed by atoms with E-state index in [1.165, 1.54) is 6.07 Å². The zero-order valence-electron chi connectivity index (χ0n) is 10.8. The maximum absolute atomic E-state index is 13.1. The molecule has 1 N–H and O–H groups in total. The number of rotatable bonds is 5. The maximum Gasteiger partial charge on any atom is 0.306 e. The van der Waals surface area contributed by atoms with Crippen LogP contribution in [0, 0.1) is 15.9 Å². The summed E-state index contributed by atoms with van der Waals surface area (Å²) in [5.74, 6) is -1.19. The Morgan fingerprint density at radius 3 is 3.00 bits per heavy atom. The molecule has 1 heterocycles. The van der Waals surface area contributed by atoms with Gasteiger partial charge in [0.05, 0.1) is 11.0 Å². The van der Waals surface area contributed by atoms with Crippen LogP contribution in [-0.2, 0) is 9.53 Å². The quantitative estimate of drug-likeness (QED) is 0.665. The molecule has 1 saturated heterocycles. The van der Waals surface area contributed by atoms with Crippen molar-refractivity contribution in [2.75, 3.05) is 11.9 Å². The van der Waals surface area contributed by atoms with Gasteiger partial charge in [-0.25, -0.2) is 0 Å². The number of nitro groups is 1. The third kappa shape index (κ3) is 3.74. The molecule has 0 aliphatic carbocycles. The number of hydrogen-bond acceptors (Lipinski definition) is 4. The molecule has 20 heavy (non-hydrogen) atoms. The SMILES string of the molecule is O=C(CC[C@H]1CCCO1)Nc1ccc(F)c([N+](=O)[O-])c1. The number of amides is 1. The van der Waals surface area contributed by atoms with Gasteiger partial charge >= 0.3 is 5.69 Å². The van der Waals surface area contributed by atoms with Crippen molar-refractivity contribution in [1.29, 1.82) is 0 Å². The van der Waals surface area contributed by atoms with Gasteiger partial charge in [-0.15, -0.1) is 0 Å². The van der Waals surface area contributed by atoms with Crippen LogP contribution >= 0.6 is 0 Å². The highest BCUT2D eigenvalue weighted by Crippen LogP contribution is 2.22. The lowest BCUT2D eigenvalue weighted by molar-refractivity contribution is -0.387. The monoisotopic (exact) mass is 282 g/mol. The molecule has 1 aromatic carbocycles. The number of nitrogens with one attached hydrogen (secondary N) is 1. The number of nitrogens with zero attached hydrogens (tertiary/aromatic N) is 1. The summed E-state index contributed by atoms with van der Waals surface area (Å²) in [6, 6.07) is 3.28. The molecule has 1 fully saturated rings. The van der Waals surface area contributed by atoms with Crippen molar-refractivity contribution in [2.24, 2.45) is 0 Å². The van der Waals surface area contributed by atoms with E-state index < -0.39 is 16.4 Å². The first kappa shape index (κ1) is 14.4. The Morgan fingerprint density at radius 1 is 1.55 bits per heavy atom. The van der Waals surface area contributed by atoms with Gasteiger partial charge in [0.1, 0.15) is 0 Å². The highest BCUT2D eigenvalue weighted by molar-refractivity contribution is 5.91. The fraction of sp³-hybridized carbons (Fsp3) is 0.462. The molecular formula is C13H15FN2O4. The highest BCUT2D eigenvalue weighted by atomic mass is 19.1. The van der Waals surface area contributed by atoms with E-state index in [4.69, 9.17) is 4.74 Å². The zero-order chi connectivity index (χ0) is 14.5. The lowest BCUT2D eigenvalue weighted by Crippen LogP contribution is -2.15. The van der Waals surface area contributed by atoms with Crippen LogP contribution in [0.2, 0.25) is 0 Å². The summed E-state index contributed by atoms with van der Waals surface area (Å²) in [6.45, 7) is 0.733. The summed E-state index contributed by atoms with van der Waals surface area (Å²) in [4.78, 5) is 21.5. The highest BCUT2D eigenvalue weighted by Gasteiger charge is 2.18. The Morgan fingerprint density at radius 2 is 2.35 bits per heavy atom.